The van der Waals surface area contributed by atoms with Crippen molar-refractivity contribution in [3.8, 4) is 0 Å². The highest BCUT2D eigenvalue weighted by Gasteiger charge is 2.36. The number of nitrogens with zero attached hydrogens (tertiary/aromatic N) is 1. The van der Waals surface area contributed by atoms with E-state index in [0.29, 0.717) is 18.0 Å². The Kier molecular flexibility index (Phi) is 5.42. The SMILES string of the molecule is CNC(c1ccccc1)C(C(C)C)N1CCOC(C)(C)C1. The maximum Gasteiger partial charge on any atom is 0.0753 e. The number of nitrogens with one attached hydrogen (secondary N) is 1. The first-order valence-electron chi connectivity index (χ1n) is 8.05. The summed E-state index contributed by atoms with van der Waals surface area (Å²) in [4.78, 5) is 2.60. The highest BCUT2D eigenvalue weighted by Crippen LogP contribution is 2.29. The number of rotatable bonds is 5. The number of hydrogen-bond acceptors (Lipinski definition) is 3. The van der Waals surface area contributed by atoms with Crippen molar-refractivity contribution in [2.45, 2.75) is 45.4 Å². The van der Waals surface area contributed by atoms with Gasteiger partial charge in [-0.3, -0.25) is 4.90 Å². The minimum absolute atomic E-state index is 0.0552. The van der Waals surface area contributed by atoms with Crippen molar-refractivity contribution in [2.24, 2.45) is 5.92 Å². The molecule has 3 heteroatoms. The normalized spacial score (nSPS) is 22.2. The molecule has 2 atom stereocenters. The lowest BCUT2D eigenvalue weighted by atomic mass is 9.88. The molecule has 3 nitrogen and oxygen atoms in total. The van der Waals surface area contributed by atoms with E-state index < -0.39 is 0 Å². The monoisotopic (exact) mass is 290 g/mol. The zero-order valence-electron chi connectivity index (χ0n) is 14.1. The van der Waals surface area contributed by atoms with Gasteiger partial charge in [0, 0.05) is 25.2 Å². The first kappa shape index (κ1) is 16.5. The van der Waals surface area contributed by atoms with Crippen LogP contribution in [0.3, 0.4) is 0 Å². The molecule has 1 saturated heterocycles. The van der Waals surface area contributed by atoms with Gasteiger partial charge in [-0.15, -0.1) is 0 Å². The van der Waals surface area contributed by atoms with Crippen LogP contribution in [0.4, 0.5) is 0 Å². The van der Waals surface area contributed by atoms with Crippen molar-refractivity contribution < 1.29 is 4.74 Å². The molecule has 1 aliphatic rings. The Labute approximate surface area is 129 Å². The second-order valence-electron chi connectivity index (χ2n) is 6.99. The molecule has 0 spiro atoms. The van der Waals surface area contributed by atoms with Gasteiger partial charge in [0.25, 0.3) is 0 Å². The lowest BCUT2D eigenvalue weighted by molar-refractivity contribution is -0.106. The third kappa shape index (κ3) is 4.06. The van der Waals surface area contributed by atoms with Gasteiger partial charge in [0.1, 0.15) is 0 Å². The summed E-state index contributed by atoms with van der Waals surface area (Å²) in [5.41, 5.74) is 1.31. The molecule has 1 aliphatic heterocycles. The molecule has 0 radical (unpaired) electrons. The summed E-state index contributed by atoms with van der Waals surface area (Å²) in [5.74, 6) is 0.580. The molecule has 1 N–H and O–H groups in total. The minimum Gasteiger partial charge on any atom is -0.373 e. The second kappa shape index (κ2) is 6.91. The van der Waals surface area contributed by atoms with Crippen molar-refractivity contribution in [2.75, 3.05) is 26.7 Å². The predicted molar refractivity (Wildman–Crippen MR) is 88.5 cm³/mol. The number of likely N-dealkylation sites (N-methyl/N-ethyl adjacent to an activating group) is 1. The van der Waals surface area contributed by atoms with Gasteiger partial charge in [0.05, 0.1) is 12.2 Å². The minimum atomic E-state index is -0.0552. The van der Waals surface area contributed by atoms with Gasteiger partial charge in [-0.2, -0.15) is 0 Å². The zero-order valence-corrected chi connectivity index (χ0v) is 14.1. The largest absolute Gasteiger partial charge is 0.373 e. The molecule has 2 rings (SSSR count). The maximum atomic E-state index is 5.88. The van der Waals surface area contributed by atoms with Crippen LogP contribution in [0.25, 0.3) is 0 Å². The molecule has 0 amide bonds. The Balaban J connectivity index is 2.25. The van der Waals surface area contributed by atoms with Crippen molar-refractivity contribution >= 4 is 0 Å². The van der Waals surface area contributed by atoms with Gasteiger partial charge in [0.2, 0.25) is 0 Å². The Hall–Kier alpha value is -0.900. The van der Waals surface area contributed by atoms with Crippen LogP contribution in [0.15, 0.2) is 30.3 Å². The summed E-state index contributed by atoms with van der Waals surface area (Å²) in [5, 5.41) is 3.54. The Morgan fingerprint density at radius 3 is 2.38 bits per heavy atom. The molecule has 21 heavy (non-hydrogen) atoms. The van der Waals surface area contributed by atoms with Crippen LogP contribution in [-0.2, 0) is 4.74 Å². The number of hydrogen-bond donors (Lipinski definition) is 1. The van der Waals surface area contributed by atoms with Crippen LogP contribution in [0.1, 0.15) is 39.3 Å². The smallest absolute Gasteiger partial charge is 0.0753 e. The molecule has 0 saturated carbocycles. The fourth-order valence-corrected chi connectivity index (χ4v) is 3.52. The van der Waals surface area contributed by atoms with Crippen LogP contribution in [0.2, 0.25) is 0 Å². The number of ether oxygens (including phenoxy) is 1. The van der Waals surface area contributed by atoms with Crippen LogP contribution in [0.5, 0.6) is 0 Å². The van der Waals surface area contributed by atoms with E-state index >= 15 is 0 Å². The van der Waals surface area contributed by atoms with Crippen LogP contribution < -0.4 is 5.32 Å². The molecule has 0 aliphatic carbocycles. The number of benzene rings is 1. The summed E-state index contributed by atoms with van der Waals surface area (Å²) in [6, 6.07) is 11.6. The van der Waals surface area contributed by atoms with Crippen LogP contribution >= 0.6 is 0 Å². The summed E-state index contributed by atoms with van der Waals surface area (Å²) in [6.45, 7) is 11.8. The van der Waals surface area contributed by atoms with Crippen molar-refractivity contribution in [3.05, 3.63) is 35.9 Å². The Morgan fingerprint density at radius 1 is 1.19 bits per heavy atom. The predicted octanol–water partition coefficient (Wildman–Crippen LogP) is 3.08. The Bertz CT molecular complexity index is 430. The number of morpholine rings is 1. The molecular formula is C18H30N2O. The van der Waals surface area contributed by atoms with Gasteiger partial charge in [0.15, 0.2) is 0 Å². The van der Waals surface area contributed by atoms with Crippen LogP contribution in [0, 0.1) is 5.92 Å². The van der Waals surface area contributed by atoms with E-state index in [1.165, 1.54) is 5.56 Å². The van der Waals surface area contributed by atoms with Crippen LogP contribution in [-0.4, -0.2) is 43.3 Å². The molecular weight excluding hydrogens is 260 g/mol. The second-order valence-corrected chi connectivity index (χ2v) is 6.99. The molecule has 0 aromatic heterocycles. The average molecular weight is 290 g/mol. The van der Waals surface area contributed by atoms with Crippen molar-refractivity contribution in [3.63, 3.8) is 0 Å². The van der Waals surface area contributed by atoms with E-state index in [2.05, 4.69) is 75.3 Å². The zero-order chi connectivity index (χ0) is 15.5. The lowest BCUT2D eigenvalue weighted by Gasteiger charge is -2.46. The fourth-order valence-electron chi connectivity index (χ4n) is 3.52. The topological polar surface area (TPSA) is 24.5 Å². The fraction of sp³-hybridized carbons (Fsp3) is 0.667. The van der Waals surface area contributed by atoms with Gasteiger partial charge in [-0.05, 0) is 32.4 Å². The van der Waals surface area contributed by atoms with Crippen molar-refractivity contribution in [1.29, 1.82) is 0 Å². The molecule has 1 aromatic rings. The highest BCUT2D eigenvalue weighted by molar-refractivity contribution is 5.21. The van der Waals surface area contributed by atoms with E-state index in [0.717, 1.165) is 19.7 Å². The molecule has 1 heterocycles. The van der Waals surface area contributed by atoms with Crippen molar-refractivity contribution in [1.82, 2.24) is 10.2 Å². The van der Waals surface area contributed by atoms with Gasteiger partial charge < -0.3 is 10.1 Å². The van der Waals surface area contributed by atoms with E-state index in [-0.39, 0.29) is 5.60 Å². The van der Waals surface area contributed by atoms with Gasteiger partial charge in [-0.1, -0.05) is 44.2 Å². The highest BCUT2D eigenvalue weighted by atomic mass is 16.5. The first-order chi connectivity index (χ1) is 9.94. The molecule has 118 valence electrons. The van der Waals surface area contributed by atoms with E-state index in [1.54, 1.807) is 0 Å². The summed E-state index contributed by atoms with van der Waals surface area (Å²) >= 11 is 0. The third-order valence-corrected chi connectivity index (χ3v) is 4.37. The quantitative estimate of drug-likeness (QED) is 0.902. The average Bonchev–Trinajstić information content (AvgIpc) is 2.44. The first-order valence-corrected chi connectivity index (χ1v) is 8.05. The molecule has 1 aromatic carbocycles. The van der Waals surface area contributed by atoms with Gasteiger partial charge in [-0.25, -0.2) is 0 Å². The molecule has 2 unspecified atom stereocenters. The Morgan fingerprint density at radius 2 is 1.86 bits per heavy atom. The summed E-state index contributed by atoms with van der Waals surface area (Å²) in [7, 11) is 2.07. The lowest BCUT2D eigenvalue weighted by Crippen LogP contribution is -2.56. The summed E-state index contributed by atoms with van der Waals surface area (Å²) < 4.78 is 5.88. The summed E-state index contributed by atoms with van der Waals surface area (Å²) in [6.07, 6.45) is 0. The van der Waals surface area contributed by atoms with E-state index in [9.17, 15) is 0 Å². The van der Waals surface area contributed by atoms with E-state index in [1.807, 2.05) is 0 Å². The third-order valence-electron chi connectivity index (χ3n) is 4.37. The van der Waals surface area contributed by atoms with Gasteiger partial charge >= 0.3 is 0 Å². The molecule has 1 fully saturated rings. The standard InChI is InChI=1S/C18H30N2O/c1-14(2)17(20-11-12-21-18(3,4)13-20)16(19-5)15-9-7-6-8-10-15/h6-10,14,16-17,19H,11-13H2,1-5H3. The van der Waals surface area contributed by atoms with E-state index in [4.69, 9.17) is 4.74 Å². The maximum absolute atomic E-state index is 5.88. The molecule has 0 bridgehead atoms.